The van der Waals surface area contributed by atoms with Crippen molar-refractivity contribution in [1.82, 2.24) is 15.3 Å². The number of hydrogen-bond donors (Lipinski definition) is 1. The predicted molar refractivity (Wildman–Crippen MR) is 78.8 cm³/mol. The Balaban J connectivity index is 1.77. The molecule has 0 aromatic carbocycles. The summed E-state index contributed by atoms with van der Waals surface area (Å²) in [6.07, 6.45) is 10.5. The summed E-state index contributed by atoms with van der Waals surface area (Å²) >= 11 is 0. The maximum atomic E-state index is 4.41. The Morgan fingerprint density at radius 2 is 2.11 bits per heavy atom. The fourth-order valence-electron chi connectivity index (χ4n) is 3.12. The number of aryl methyl sites for hydroxylation is 1. The Bertz CT molecular complexity index is 372. The van der Waals surface area contributed by atoms with E-state index < -0.39 is 0 Å². The van der Waals surface area contributed by atoms with Gasteiger partial charge in [-0.05, 0) is 38.0 Å². The van der Waals surface area contributed by atoms with Crippen LogP contribution in [0.1, 0.15) is 57.3 Å². The van der Waals surface area contributed by atoms with Crippen LogP contribution in [0.15, 0.2) is 12.4 Å². The standard InChI is InChI=1S/C16H27N3/c1-12(2)7-14-5-4-6-15(8-14)19-11-16-10-17-13(3)9-18-16/h9-10,12,14-15,19H,4-8,11H2,1-3H3. The van der Waals surface area contributed by atoms with E-state index in [1.54, 1.807) is 0 Å². The SMILES string of the molecule is Cc1cnc(CNC2CCCC(CC(C)C)C2)cn1. The fraction of sp³-hybridized carbons (Fsp3) is 0.750. The first-order valence-electron chi connectivity index (χ1n) is 7.64. The molecule has 2 unspecified atom stereocenters. The van der Waals surface area contributed by atoms with E-state index in [-0.39, 0.29) is 0 Å². The molecule has 0 radical (unpaired) electrons. The van der Waals surface area contributed by atoms with Gasteiger partial charge in [-0.15, -0.1) is 0 Å². The molecule has 1 aromatic heterocycles. The van der Waals surface area contributed by atoms with E-state index in [1.165, 1.54) is 32.1 Å². The molecular formula is C16H27N3. The second-order valence-corrected chi connectivity index (χ2v) is 6.39. The van der Waals surface area contributed by atoms with E-state index in [0.717, 1.165) is 29.8 Å². The van der Waals surface area contributed by atoms with Gasteiger partial charge in [-0.25, -0.2) is 0 Å². The van der Waals surface area contributed by atoms with Gasteiger partial charge in [-0.1, -0.05) is 26.7 Å². The highest BCUT2D eigenvalue weighted by atomic mass is 14.9. The first-order chi connectivity index (χ1) is 9.13. The largest absolute Gasteiger partial charge is 0.308 e. The van der Waals surface area contributed by atoms with Crippen molar-refractivity contribution in [3.8, 4) is 0 Å². The zero-order valence-electron chi connectivity index (χ0n) is 12.5. The molecule has 3 nitrogen and oxygen atoms in total. The Morgan fingerprint density at radius 3 is 2.79 bits per heavy atom. The van der Waals surface area contributed by atoms with Gasteiger partial charge >= 0.3 is 0 Å². The molecular weight excluding hydrogens is 234 g/mol. The molecule has 1 aliphatic carbocycles. The molecule has 19 heavy (non-hydrogen) atoms. The third kappa shape index (κ3) is 4.90. The van der Waals surface area contributed by atoms with E-state index in [9.17, 15) is 0 Å². The number of nitrogens with zero attached hydrogens (tertiary/aromatic N) is 2. The molecule has 0 bridgehead atoms. The maximum absolute atomic E-state index is 4.41. The zero-order valence-corrected chi connectivity index (χ0v) is 12.5. The summed E-state index contributed by atoms with van der Waals surface area (Å²) in [4.78, 5) is 8.70. The molecule has 1 heterocycles. The second kappa shape index (κ2) is 6.99. The first-order valence-corrected chi connectivity index (χ1v) is 7.64. The minimum Gasteiger partial charge on any atom is -0.308 e. The minimum absolute atomic E-state index is 0.667. The van der Waals surface area contributed by atoms with Crippen molar-refractivity contribution >= 4 is 0 Å². The van der Waals surface area contributed by atoms with Gasteiger partial charge in [0.25, 0.3) is 0 Å². The molecule has 0 saturated heterocycles. The highest BCUT2D eigenvalue weighted by molar-refractivity contribution is 5.00. The highest BCUT2D eigenvalue weighted by Crippen LogP contribution is 2.29. The van der Waals surface area contributed by atoms with Gasteiger partial charge in [0.2, 0.25) is 0 Å². The number of hydrogen-bond acceptors (Lipinski definition) is 3. The van der Waals surface area contributed by atoms with Crippen LogP contribution in [0, 0.1) is 18.8 Å². The lowest BCUT2D eigenvalue weighted by atomic mass is 9.81. The van der Waals surface area contributed by atoms with E-state index in [4.69, 9.17) is 0 Å². The molecule has 0 spiro atoms. The highest BCUT2D eigenvalue weighted by Gasteiger charge is 2.22. The summed E-state index contributed by atoms with van der Waals surface area (Å²) in [5.74, 6) is 1.74. The molecule has 1 saturated carbocycles. The van der Waals surface area contributed by atoms with Gasteiger partial charge in [0.05, 0.1) is 11.4 Å². The summed E-state index contributed by atoms with van der Waals surface area (Å²) in [6.45, 7) is 7.49. The zero-order chi connectivity index (χ0) is 13.7. The van der Waals surface area contributed by atoms with Gasteiger partial charge in [-0.3, -0.25) is 9.97 Å². The Labute approximate surface area is 117 Å². The van der Waals surface area contributed by atoms with E-state index in [1.807, 2.05) is 19.3 Å². The molecule has 1 N–H and O–H groups in total. The van der Waals surface area contributed by atoms with Gasteiger partial charge in [0, 0.05) is 25.0 Å². The second-order valence-electron chi connectivity index (χ2n) is 6.39. The van der Waals surface area contributed by atoms with Crippen LogP contribution in [-0.4, -0.2) is 16.0 Å². The van der Waals surface area contributed by atoms with Crippen molar-refractivity contribution < 1.29 is 0 Å². The van der Waals surface area contributed by atoms with Crippen molar-refractivity contribution in [2.75, 3.05) is 0 Å². The molecule has 1 aromatic rings. The molecule has 1 aliphatic rings. The maximum Gasteiger partial charge on any atom is 0.0724 e. The lowest BCUT2D eigenvalue weighted by Crippen LogP contribution is -2.34. The van der Waals surface area contributed by atoms with E-state index >= 15 is 0 Å². The first kappa shape index (κ1) is 14.4. The monoisotopic (exact) mass is 261 g/mol. The Morgan fingerprint density at radius 1 is 1.26 bits per heavy atom. The molecule has 0 amide bonds. The minimum atomic E-state index is 0.667. The number of aromatic nitrogens is 2. The van der Waals surface area contributed by atoms with Crippen molar-refractivity contribution in [3.05, 3.63) is 23.8 Å². The summed E-state index contributed by atoms with van der Waals surface area (Å²) < 4.78 is 0. The Kier molecular flexibility index (Phi) is 5.32. The third-order valence-electron chi connectivity index (χ3n) is 3.99. The van der Waals surface area contributed by atoms with Crippen LogP contribution in [0.3, 0.4) is 0 Å². The molecule has 3 heteroatoms. The number of nitrogens with one attached hydrogen (secondary N) is 1. The average Bonchev–Trinajstić information content (AvgIpc) is 2.38. The summed E-state index contributed by atoms with van der Waals surface area (Å²) in [5.41, 5.74) is 2.04. The number of rotatable bonds is 5. The van der Waals surface area contributed by atoms with Crippen LogP contribution >= 0.6 is 0 Å². The molecule has 106 valence electrons. The van der Waals surface area contributed by atoms with Crippen LogP contribution in [0.25, 0.3) is 0 Å². The van der Waals surface area contributed by atoms with Crippen molar-refractivity contribution in [2.45, 2.75) is 65.5 Å². The molecule has 2 atom stereocenters. The van der Waals surface area contributed by atoms with Crippen LogP contribution in [0.4, 0.5) is 0 Å². The van der Waals surface area contributed by atoms with Gasteiger partial charge in [0.1, 0.15) is 0 Å². The van der Waals surface area contributed by atoms with Crippen LogP contribution < -0.4 is 5.32 Å². The van der Waals surface area contributed by atoms with Crippen molar-refractivity contribution in [2.24, 2.45) is 11.8 Å². The summed E-state index contributed by atoms with van der Waals surface area (Å²) in [6, 6.07) is 0.667. The van der Waals surface area contributed by atoms with Crippen molar-refractivity contribution in [3.63, 3.8) is 0 Å². The van der Waals surface area contributed by atoms with E-state index in [2.05, 4.69) is 29.1 Å². The quantitative estimate of drug-likeness (QED) is 0.882. The van der Waals surface area contributed by atoms with Crippen LogP contribution in [-0.2, 0) is 6.54 Å². The van der Waals surface area contributed by atoms with Crippen LogP contribution in [0.2, 0.25) is 0 Å². The third-order valence-corrected chi connectivity index (χ3v) is 3.99. The lowest BCUT2D eigenvalue weighted by molar-refractivity contribution is 0.251. The molecule has 2 rings (SSSR count). The summed E-state index contributed by atoms with van der Waals surface area (Å²) in [5, 5.41) is 3.66. The van der Waals surface area contributed by atoms with Crippen LogP contribution in [0.5, 0.6) is 0 Å². The van der Waals surface area contributed by atoms with Gasteiger partial charge < -0.3 is 5.32 Å². The normalized spacial score (nSPS) is 23.8. The average molecular weight is 261 g/mol. The van der Waals surface area contributed by atoms with Gasteiger partial charge in [0.15, 0.2) is 0 Å². The smallest absolute Gasteiger partial charge is 0.0724 e. The fourth-order valence-corrected chi connectivity index (χ4v) is 3.12. The van der Waals surface area contributed by atoms with Crippen molar-refractivity contribution in [1.29, 1.82) is 0 Å². The van der Waals surface area contributed by atoms with Gasteiger partial charge in [-0.2, -0.15) is 0 Å². The van der Waals surface area contributed by atoms with E-state index in [0.29, 0.717) is 6.04 Å². The Hall–Kier alpha value is -0.960. The topological polar surface area (TPSA) is 37.8 Å². The lowest BCUT2D eigenvalue weighted by Gasteiger charge is -2.30. The predicted octanol–water partition coefficient (Wildman–Crippen LogP) is 3.48. The summed E-state index contributed by atoms with van der Waals surface area (Å²) in [7, 11) is 0. The molecule has 1 fully saturated rings. The molecule has 0 aliphatic heterocycles.